The Morgan fingerprint density at radius 2 is 0.949 bits per heavy atom. The van der Waals surface area contributed by atoms with Gasteiger partial charge in [0.2, 0.25) is 0 Å². The Kier molecular flexibility index (Phi) is 40.1. The minimum Gasteiger partial charge on any atom is -0.477 e. The summed E-state index contributed by atoms with van der Waals surface area (Å²) in [6.07, 6.45) is 50.1. The molecule has 342 valence electrons. The molecule has 0 bridgehead atoms. The second-order valence-corrected chi connectivity index (χ2v) is 17.3. The Bertz CT molecular complexity index is 1110. The van der Waals surface area contributed by atoms with Crippen molar-refractivity contribution in [3.63, 3.8) is 0 Å². The Hall–Kier alpha value is -2.71. The van der Waals surface area contributed by atoms with Gasteiger partial charge in [-0.25, -0.2) is 4.79 Å². The number of carbonyl (C=O) groups excluding carboxylic acids is 2. The fourth-order valence-corrected chi connectivity index (χ4v) is 6.98. The lowest BCUT2D eigenvalue weighted by atomic mass is 10.1. The summed E-state index contributed by atoms with van der Waals surface area (Å²) in [4.78, 5) is 37.1. The van der Waals surface area contributed by atoms with Crippen LogP contribution in [0.3, 0.4) is 0 Å². The maximum absolute atomic E-state index is 12.8. The van der Waals surface area contributed by atoms with E-state index in [4.69, 9.17) is 14.2 Å². The van der Waals surface area contributed by atoms with E-state index >= 15 is 0 Å². The van der Waals surface area contributed by atoms with Crippen LogP contribution in [-0.4, -0.2) is 80.6 Å². The fourth-order valence-electron chi connectivity index (χ4n) is 6.98. The molecule has 0 saturated carbocycles. The molecule has 0 spiro atoms. The largest absolute Gasteiger partial charge is 0.477 e. The summed E-state index contributed by atoms with van der Waals surface area (Å²) in [6.45, 7) is 4.62. The lowest BCUT2D eigenvalue weighted by Gasteiger charge is -2.31. The molecule has 0 rings (SSSR count). The fraction of sp³-hybridized carbons (Fsp3) is 0.784. The van der Waals surface area contributed by atoms with Crippen LogP contribution in [0, 0.1) is 0 Å². The number of rotatable bonds is 43. The molecule has 2 unspecified atom stereocenters. The quantitative estimate of drug-likeness (QED) is 0.0283. The Morgan fingerprint density at radius 1 is 0.525 bits per heavy atom. The van der Waals surface area contributed by atoms with Crippen molar-refractivity contribution in [2.75, 3.05) is 41.0 Å². The van der Waals surface area contributed by atoms with Crippen LogP contribution in [0.4, 0.5) is 0 Å². The molecule has 2 atom stereocenters. The summed E-state index contributed by atoms with van der Waals surface area (Å²) in [7, 11) is 5.53. The van der Waals surface area contributed by atoms with Gasteiger partial charge < -0.3 is 23.8 Å². The van der Waals surface area contributed by atoms with E-state index in [1.807, 2.05) is 21.1 Å². The average Bonchev–Trinajstić information content (AvgIpc) is 3.19. The molecule has 1 N–H and O–H groups in total. The first-order valence-electron chi connectivity index (χ1n) is 24.2. The van der Waals surface area contributed by atoms with Gasteiger partial charge >= 0.3 is 17.9 Å². The molecule has 0 aliphatic rings. The van der Waals surface area contributed by atoms with Crippen molar-refractivity contribution in [2.24, 2.45) is 0 Å². The number of hydrogen-bond acceptors (Lipinski definition) is 6. The molecule has 0 amide bonds. The van der Waals surface area contributed by atoms with Crippen molar-refractivity contribution >= 4 is 17.9 Å². The van der Waals surface area contributed by atoms with Gasteiger partial charge in [0.25, 0.3) is 0 Å². The number of aliphatic carboxylic acids is 1. The van der Waals surface area contributed by atoms with Gasteiger partial charge in [-0.1, -0.05) is 165 Å². The van der Waals surface area contributed by atoms with Crippen LogP contribution < -0.4 is 0 Å². The van der Waals surface area contributed by atoms with E-state index in [2.05, 4.69) is 62.5 Å². The summed E-state index contributed by atoms with van der Waals surface area (Å²) >= 11 is 0. The number of esters is 2. The number of hydrogen-bond donors (Lipinski definition) is 1. The van der Waals surface area contributed by atoms with Crippen LogP contribution in [0.25, 0.3) is 0 Å². The van der Waals surface area contributed by atoms with E-state index in [-0.39, 0.29) is 36.2 Å². The summed E-state index contributed by atoms with van der Waals surface area (Å²) in [5, 5.41) is 9.64. The van der Waals surface area contributed by atoms with Crippen LogP contribution in [0.1, 0.15) is 206 Å². The zero-order chi connectivity index (χ0) is 43.5. The van der Waals surface area contributed by atoms with Crippen LogP contribution in [-0.2, 0) is 28.6 Å². The highest BCUT2D eigenvalue weighted by molar-refractivity contribution is 5.72. The summed E-state index contributed by atoms with van der Waals surface area (Å²) < 4.78 is 17.3. The topological polar surface area (TPSA) is 99.1 Å². The minimum atomic E-state index is -0.876. The van der Waals surface area contributed by atoms with E-state index in [0.717, 1.165) is 57.8 Å². The van der Waals surface area contributed by atoms with Gasteiger partial charge in [0.1, 0.15) is 6.61 Å². The number of allylic oxidation sites excluding steroid dienone is 8. The summed E-state index contributed by atoms with van der Waals surface area (Å²) in [5.41, 5.74) is 0. The monoisotopic (exact) mass is 831 g/mol. The third-order valence-electron chi connectivity index (χ3n) is 10.7. The zero-order valence-electron chi connectivity index (χ0n) is 39.0. The average molecular weight is 831 g/mol. The molecule has 0 radical (unpaired) electrons. The first-order chi connectivity index (χ1) is 28.6. The van der Waals surface area contributed by atoms with Gasteiger partial charge in [-0.15, -0.1) is 0 Å². The molecular formula is C51H92NO7+. The van der Waals surface area contributed by atoms with Crippen molar-refractivity contribution < 1.29 is 38.2 Å². The zero-order valence-corrected chi connectivity index (χ0v) is 39.0. The van der Waals surface area contributed by atoms with Gasteiger partial charge in [0.15, 0.2) is 12.1 Å². The van der Waals surface area contributed by atoms with E-state index in [0.29, 0.717) is 19.3 Å². The van der Waals surface area contributed by atoms with Gasteiger partial charge in [-0.3, -0.25) is 9.59 Å². The molecule has 8 heteroatoms. The number of nitrogens with zero attached hydrogens (tertiary/aromatic N) is 1. The number of quaternary nitrogens is 1. The highest BCUT2D eigenvalue weighted by Gasteiger charge is 2.31. The van der Waals surface area contributed by atoms with Crippen LogP contribution >= 0.6 is 0 Å². The maximum atomic E-state index is 12.8. The highest BCUT2D eigenvalue weighted by atomic mass is 16.6. The number of carboxylic acids is 1. The predicted octanol–water partition coefficient (Wildman–Crippen LogP) is 13.6. The molecule has 0 aliphatic carbocycles. The van der Waals surface area contributed by atoms with Crippen molar-refractivity contribution in [1.29, 1.82) is 0 Å². The minimum absolute atomic E-state index is 0.0544. The van der Waals surface area contributed by atoms with Crippen molar-refractivity contribution in [1.82, 2.24) is 0 Å². The SMILES string of the molecule is CC/C=C/C/C=C/C/C=C/CCCCCCCCCCCCC(=O)OCC(COCCC(C(=O)O)[N+](C)(C)C)OC(=O)CCCCCCCCC/C=C/CCCCCC. The second kappa shape index (κ2) is 42.0. The predicted molar refractivity (Wildman–Crippen MR) is 248 cm³/mol. The Balaban J connectivity index is 4.26. The van der Waals surface area contributed by atoms with Crippen LogP contribution in [0.15, 0.2) is 48.6 Å². The number of ether oxygens (including phenoxy) is 3. The molecule has 0 saturated heterocycles. The normalized spacial score (nSPS) is 13.3. The van der Waals surface area contributed by atoms with Gasteiger partial charge in [-0.05, 0) is 70.6 Å². The van der Waals surface area contributed by atoms with E-state index in [9.17, 15) is 19.5 Å². The molecule has 0 aromatic carbocycles. The Labute approximate surface area is 363 Å². The lowest BCUT2D eigenvalue weighted by molar-refractivity contribution is -0.887. The smallest absolute Gasteiger partial charge is 0.362 e. The summed E-state index contributed by atoms with van der Waals surface area (Å²) in [6, 6.07) is -0.616. The third kappa shape index (κ3) is 40.5. The van der Waals surface area contributed by atoms with Crippen molar-refractivity contribution in [2.45, 2.75) is 219 Å². The number of likely N-dealkylation sites (N-methyl/N-ethyl adjacent to an activating group) is 1. The second-order valence-electron chi connectivity index (χ2n) is 17.3. The molecule has 59 heavy (non-hydrogen) atoms. The standard InChI is InChI=1S/C51H91NO7/c1-6-8-10-12-14-16-18-20-22-23-24-25-26-28-29-31-33-35-37-39-41-49(53)58-46-47(45-57-44-43-48(51(55)56)52(3,4)5)59-50(54)42-40-38-36-34-32-30-27-21-19-17-15-13-11-9-7-2/h8,10,14,16-17,19-20,22,47-48H,6-7,9,11-13,15,18,21,23-46H2,1-5H3/p+1/b10-8+,16-14+,19-17+,22-20+. The first kappa shape index (κ1) is 56.3. The van der Waals surface area contributed by atoms with Crippen molar-refractivity contribution in [3.8, 4) is 0 Å². The number of carbonyl (C=O) groups is 3. The van der Waals surface area contributed by atoms with Gasteiger partial charge in [-0.2, -0.15) is 0 Å². The van der Waals surface area contributed by atoms with E-state index in [1.54, 1.807) is 0 Å². The molecule has 0 aliphatic heterocycles. The summed E-state index contributed by atoms with van der Waals surface area (Å²) in [5.74, 6) is -1.47. The van der Waals surface area contributed by atoms with Crippen LogP contribution in [0.5, 0.6) is 0 Å². The van der Waals surface area contributed by atoms with Gasteiger partial charge in [0, 0.05) is 19.3 Å². The highest BCUT2D eigenvalue weighted by Crippen LogP contribution is 2.15. The molecule has 0 fully saturated rings. The molecular weight excluding hydrogens is 739 g/mol. The first-order valence-corrected chi connectivity index (χ1v) is 24.2. The Morgan fingerprint density at radius 3 is 1.42 bits per heavy atom. The van der Waals surface area contributed by atoms with Crippen molar-refractivity contribution in [3.05, 3.63) is 48.6 Å². The number of unbranched alkanes of at least 4 members (excludes halogenated alkanes) is 21. The molecule has 0 aromatic heterocycles. The number of carboxylic acid groups (broad SMARTS) is 1. The third-order valence-corrected chi connectivity index (χ3v) is 10.7. The molecule has 8 nitrogen and oxygen atoms in total. The molecule has 0 heterocycles. The van der Waals surface area contributed by atoms with E-state index in [1.165, 1.54) is 116 Å². The molecule has 0 aromatic rings. The van der Waals surface area contributed by atoms with Gasteiger partial charge in [0.05, 0.1) is 34.4 Å². The van der Waals surface area contributed by atoms with Crippen LogP contribution in [0.2, 0.25) is 0 Å². The maximum Gasteiger partial charge on any atom is 0.362 e. The lowest BCUT2D eigenvalue weighted by Crippen LogP contribution is -2.50. The van der Waals surface area contributed by atoms with E-state index < -0.39 is 18.1 Å².